The molecule has 6 aromatic rings. The lowest BCUT2D eigenvalue weighted by Crippen LogP contribution is -2.27. The molecule has 1 unspecified atom stereocenters. The Kier molecular flexibility index (Phi) is 7.50. The van der Waals surface area contributed by atoms with Gasteiger partial charge in [0.25, 0.3) is 5.56 Å². The predicted octanol–water partition coefficient (Wildman–Crippen LogP) is 4.88. The summed E-state index contributed by atoms with van der Waals surface area (Å²) in [6.07, 6.45) is 7.78. The zero-order chi connectivity index (χ0) is 29.9. The van der Waals surface area contributed by atoms with E-state index in [9.17, 15) is 14.7 Å². The van der Waals surface area contributed by atoms with Crippen LogP contribution >= 0.6 is 11.6 Å². The van der Waals surface area contributed by atoms with Gasteiger partial charge in [0.1, 0.15) is 12.2 Å². The summed E-state index contributed by atoms with van der Waals surface area (Å²) in [4.78, 5) is 38.4. The highest BCUT2D eigenvalue weighted by atomic mass is 35.5. The van der Waals surface area contributed by atoms with Crippen LogP contribution in [0.2, 0.25) is 5.02 Å². The summed E-state index contributed by atoms with van der Waals surface area (Å²) >= 11 is 6.32. The third-order valence-corrected chi connectivity index (χ3v) is 7.30. The fourth-order valence-electron chi connectivity index (χ4n) is 4.82. The Hall–Kier alpha value is -5.62. The third-order valence-electron chi connectivity index (χ3n) is 7.06. The Morgan fingerprint density at radius 1 is 1.07 bits per heavy atom. The number of amides is 1. The van der Waals surface area contributed by atoms with Crippen LogP contribution in [0.3, 0.4) is 0 Å². The standard InChI is InChI=1S/C30H24ClN9O3/c1-38(30(42)43)23-7-4-20(5-8-23)25-17-33-29(35-25)27(13-19-3-2-11-32-16-19)39-12-10-21(14-28(39)41)24-15-22(31)6-9-26(24)40-18-34-36-37-40/h2-12,14-18,27H,13H2,1H3,(H,33,35)(H,42,43). The van der Waals surface area contributed by atoms with E-state index < -0.39 is 12.1 Å². The number of carbonyl (C=O) groups is 1. The van der Waals surface area contributed by atoms with Gasteiger partial charge in [-0.2, -0.15) is 4.68 Å². The fraction of sp³-hybridized carbons (Fsp3) is 0.100. The maximum atomic E-state index is 13.7. The topological polar surface area (TPSA) is 148 Å². The van der Waals surface area contributed by atoms with E-state index in [0.717, 1.165) is 21.7 Å². The molecule has 2 aromatic carbocycles. The van der Waals surface area contributed by atoms with Crippen molar-refractivity contribution in [1.82, 2.24) is 39.7 Å². The summed E-state index contributed by atoms with van der Waals surface area (Å²) in [5.74, 6) is 0.581. The zero-order valence-corrected chi connectivity index (χ0v) is 23.5. The number of imidazole rings is 1. The minimum atomic E-state index is -1.05. The van der Waals surface area contributed by atoms with Crippen molar-refractivity contribution in [3.05, 3.63) is 125 Å². The quantitative estimate of drug-likeness (QED) is 0.254. The first-order valence-corrected chi connectivity index (χ1v) is 13.5. The van der Waals surface area contributed by atoms with Crippen LogP contribution in [0.1, 0.15) is 17.4 Å². The van der Waals surface area contributed by atoms with Crippen LogP contribution in [0.4, 0.5) is 10.5 Å². The number of hydrogen-bond acceptors (Lipinski definition) is 7. The number of aromatic nitrogens is 8. The van der Waals surface area contributed by atoms with Crippen LogP contribution in [0.5, 0.6) is 0 Å². The molecule has 13 heteroatoms. The van der Waals surface area contributed by atoms with Crippen molar-refractivity contribution >= 4 is 23.4 Å². The number of anilines is 1. The molecule has 0 spiro atoms. The molecule has 0 aliphatic carbocycles. The smallest absolute Gasteiger partial charge is 0.411 e. The number of aromatic amines is 1. The Morgan fingerprint density at radius 2 is 1.91 bits per heavy atom. The molecule has 4 heterocycles. The Labute approximate surface area is 249 Å². The van der Waals surface area contributed by atoms with E-state index in [1.54, 1.807) is 65.8 Å². The molecule has 0 saturated carbocycles. The average molecular weight is 594 g/mol. The predicted molar refractivity (Wildman–Crippen MR) is 160 cm³/mol. The van der Waals surface area contributed by atoms with E-state index >= 15 is 0 Å². The molecule has 1 amide bonds. The molecular formula is C30H24ClN9O3. The third kappa shape index (κ3) is 5.76. The number of carboxylic acid groups (broad SMARTS) is 1. The largest absolute Gasteiger partial charge is 0.465 e. The number of tetrazole rings is 1. The minimum Gasteiger partial charge on any atom is -0.465 e. The van der Waals surface area contributed by atoms with Gasteiger partial charge in [0.15, 0.2) is 0 Å². The van der Waals surface area contributed by atoms with Crippen molar-refractivity contribution in [3.63, 3.8) is 0 Å². The normalized spacial score (nSPS) is 11.8. The summed E-state index contributed by atoms with van der Waals surface area (Å²) in [5.41, 5.74) is 4.80. The maximum absolute atomic E-state index is 13.7. The summed E-state index contributed by atoms with van der Waals surface area (Å²) in [7, 11) is 1.48. The molecular weight excluding hydrogens is 570 g/mol. The fourth-order valence-corrected chi connectivity index (χ4v) is 4.99. The number of benzene rings is 2. The van der Waals surface area contributed by atoms with Crippen molar-refractivity contribution in [1.29, 1.82) is 0 Å². The van der Waals surface area contributed by atoms with E-state index in [-0.39, 0.29) is 5.56 Å². The highest BCUT2D eigenvalue weighted by molar-refractivity contribution is 6.31. The number of rotatable bonds is 8. The second kappa shape index (κ2) is 11.7. The molecule has 12 nitrogen and oxygen atoms in total. The lowest BCUT2D eigenvalue weighted by atomic mass is 10.0. The van der Waals surface area contributed by atoms with E-state index in [1.165, 1.54) is 18.1 Å². The maximum Gasteiger partial charge on any atom is 0.411 e. The van der Waals surface area contributed by atoms with Crippen molar-refractivity contribution in [2.24, 2.45) is 0 Å². The van der Waals surface area contributed by atoms with Crippen molar-refractivity contribution < 1.29 is 9.90 Å². The van der Waals surface area contributed by atoms with Gasteiger partial charge in [-0.25, -0.2) is 9.78 Å². The number of H-pyrrole nitrogens is 1. The summed E-state index contributed by atoms with van der Waals surface area (Å²) in [6, 6.07) is 19.1. The van der Waals surface area contributed by atoms with Crippen molar-refractivity contribution in [2.45, 2.75) is 12.5 Å². The first kappa shape index (κ1) is 27.5. The molecule has 0 saturated heterocycles. The number of halogens is 1. The van der Waals surface area contributed by atoms with Gasteiger partial charge >= 0.3 is 6.09 Å². The molecule has 0 aliphatic rings. The van der Waals surface area contributed by atoms with Crippen LogP contribution in [0, 0.1) is 0 Å². The number of nitrogens with zero attached hydrogens (tertiary/aromatic N) is 8. The number of nitrogens with one attached hydrogen (secondary N) is 1. The summed E-state index contributed by atoms with van der Waals surface area (Å²) in [5, 5.41) is 21.2. The van der Waals surface area contributed by atoms with Gasteiger partial charge in [0.2, 0.25) is 0 Å². The first-order valence-electron chi connectivity index (χ1n) is 13.1. The second-order valence-corrected chi connectivity index (χ2v) is 10.2. The van der Waals surface area contributed by atoms with Crippen molar-refractivity contribution in [3.8, 4) is 28.1 Å². The number of hydrogen-bond donors (Lipinski definition) is 2. The van der Waals surface area contributed by atoms with Crippen LogP contribution < -0.4 is 10.5 Å². The van der Waals surface area contributed by atoms with Gasteiger partial charge in [0.05, 0.1) is 23.6 Å². The Bertz CT molecular complexity index is 1940. The van der Waals surface area contributed by atoms with Gasteiger partial charge in [-0.1, -0.05) is 29.8 Å². The van der Waals surface area contributed by atoms with Crippen LogP contribution in [0.25, 0.3) is 28.1 Å². The average Bonchev–Trinajstić information content (AvgIpc) is 3.74. The monoisotopic (exact) mass is 593 g/mol. The molecule has 0 aliphatic heterocycles. The van der Waals surface area contributed by atoms with Gasteiger partial charge in [0, 0.05) is 54.4 Å². The highest BCUT2D eigenvalue weighted by Gasteiger charge is 2.21. The van der Waals surface area contributed by atoms with E-state index in [4.69, 9.17) is 11.6 Å². The molecule has 43 heavy (non-hydrogen) atoms. The van der Waals surface area contributed by atoms with Crippen LogP contribution in [-0.4, -0.2) is 58.0 Å². The molecule has 0 bridgehead atoms. The molecule has 0 radical (unpaired) electrons. The second-order valence-electron chi connectivity index (χ2n) is 9.73. The molecule has 214 valence electrons. The van der Waals surface area contributed by atoms with Crippen molar-refractivity contribution in [2.75, 3.05) is 11.9 Å². The lowest BCUT2D eigenvalue weighted by molar-refractivity contribution is 0.203. The van der Waals surface area contributed by atoms with Gasteiger partial charge in [-0.3, -0.25) is 14.7 Å². The minimum absolute atomic E-state index is 0.243. The van der Waals surface area contributed by atoms with Gasteiger partial charge in [-0.15, -0.1) is 5.10 Å². The SMILES string of the molecule is CN(C(=O)O)c1ccc(-c2cnc(C(Cc3cccnc3)n3ccc(-c4cc(Cl)ccc4-n4cnnn4)cc3=O)[nH]2)cc1. The molecule has 4 aromatic heterocycles. The van der Waals surface area contributed by atoms with Gasteiger partial charge in [-0.05, 0) is 69.6 Å². The van der Waals surface area contributed by atoms with E-state index in [1.807, 2.05) is 30.3 Å². The zero-order valence-electron chi connectivity index (χ0n) is 22.7. The van der Waals surface area contributed by atoms with Crippen LogP contribution in [-0.2, 0) is 6.42 Å². The van der Waals surface area contributed by atoms with E-state index in [0.29, 0.717) is 39.8 Å². The number of pyridine rings is 2. The molecule has 1 atom stereocenters. The Morgan fingerprint density at radius 3 is 2.60 bits per heavy atom. The molecule has 0 fully saturated rings. The first-order chi connectivity index (χ1) is 20.9. The highest BCUT2D eigenvalue weighted by Crippen LogP contribution is 2.30. The summed E-state index contributed by atoms with van der Waals surface area (Å²) < 4.78 is 3.14. The van der Waals surface area contributed by atoms with Crippen LogP contribution in [0.15, 0.2) is 103 Å². The van der Waals surface area contributed by atoms with E-state index in [2.05, 4.69) is 30.5 Å². The molecule has 6 rings (SSSR count). The molecule has 2 N–H and O–H groups in total. The van der Waals surface area contributed by atoms with Gasteiger partial charge < -0.3 is 14.7 Å². The Balaban J connectivity index is 1.37. The summed E-state index contributed by atoms with van der Waals surface area (Å²) in [6.45, 7) is 0. The lowest BCUT2D eigenvalue weighted by Gasteiger charge is -2.19.